The van der Waals surface area contributed by atoms with E-state index in [0.717, 1.165) is 24.3 Å². The fourth-order valence-electron chi connectivity index (χ4n) is 4.42. The monoisotopic (exact) mass is 412 g/mol. The molecule has 7 nitrogen and oxygen atoms in total. The van der Waals surface area contributed by atoms with Crippen molar-refractivity contribution < 1.29 is 14.6 Å². The topological polar surface area (TPSA) is 78.8 Å². The zero-order valence-corrected chi connectivity index (χ0v) is 18.1. The SMILES string of the molecule is COc1ccc(N2CCCCCC2)c2ncc(CC(=O)N3CCC(C)(O)CC3)nc12. The Labute approximate surface area is 178 Å². The number of carbonyl (C=O) groups is 1. The molecular weight excluding hydrogens is 380 g/mol. The van der Waals surface area contributed by atoms with Crippen LogP contribution in [0, 0.1) is 0 Å². The Hall–Kier alpha value is -2.41. The highest BCUT2D eigenvalue weighted by Gasteiger charge is 2.29. The van der Waals surface area contributed by atoms with Gasteiger partial charge in [-0.15, -0.1) is 0 Å². The molecular formula is C23H32N4O3. The molecule has 2 aliphatic rings. The molecule has 0 bridgehead atoms. The van der Waals surface area contributed by atoms with Crippen LogP contribution in [0.4, 0.5) is 5.69 Å². The number of fused-ring (bicyclic) bond motifs is 1. The second kappa shape index (κ2) is 8.76. The van der Waals surface area contributed by atoms with Crippen LogP contribution in [0.3, 0.4) is 0 Å². The number of likely N-dealkylation sites (tertiary alicyclic amines) is 1. The number of piperidine rings is 1. The van der Waals surface area contributed by atoms with Crippen LogP contribution in [0.5, 0.6) is 5.75 Å². The number of carbonyl (C=O) groups excluding carboxylic acids is 1. The maximum Gasteiger partial charge on any atom is 0.228 e. The van der Waals surface area contributed by atoms with Gasteiger partial charge in [-0.3, -0.25) is 9.78 Å². The Bertz CT molecular complexity index is 897. The smallest absolute Gasteiger partial charge is 0.228 e. The molecule has 0 spiro atoms. The molecule has 1 amide bonds. The molecule has 1 aromatic carbocycles. The van der Waals surface area contributed by atoms with Crippen molar-refractivity contribution in [1.82, 2.24) is 14.9 Å². The molecule has 2 saturated heterocycles. The van der Waals surface area contributed by atoms with Crippen LogP contribution in [-0.4, -0.2) is 64.8 Å². The molecule has 2 aliphatic heterocycles. The molecule has 0 saturated carbocycles. The summed E-state index contributed by atoms with van der Waals surface area (Å²) >= 11 is 0. The summed E-state index contributed by atoms with van der Waals surface area (Å²) in [5.41, 5.74) is 2.62. The van der Waals surface area contributed by atoms with Crippen molar-refractivity contribution in [3.63, 3.8) is 0 Å². The van der Waals surface area contributed by atoms with Crippen LogP contribution in [0.1, 0.15) is 51.1 Å². The van der Waals surface area contributed by atoms with Crippen molar-refractivity contribution >= 4 is 22.6 Å². The molecule has 0 atom stereocenters. The van der Waals surface area contributed by atoms with Gasteiger partial charge in [-0.05, 0) is 44.7 Å². The predicted octanol–water partition coefficient (Wildman–Crippen LogP) is 2.93. The van der Waals surface area contributed by atoms with Crippen LogP contribution in [-0.2, 0) is 11.2 Å². The van der Waals surface area contributed by atoms with E-state index in [-0.39, 0.29) is 12.3 Å². The summed E-state index contributed by atoms with van der Waals surface area (Å²) in [5, 5.41) is 10.1. The minimum atomic E-state index is -0.670. The third-order valence-electron chi connectivity index (χ3n) is 6.38. The number of methoxy groups -OCH3 is 1. The second-order valence-corrected chi connectivity index (χ2v) is 8.80. The first-order chi connectivity index (χ1) is 14.5. The van der Waals surface area contributed by atoms with Crippen LogP contribution >= 0.6 is 0 Å². The van der Waals surface area contributed by atoms with Crippen LogP contribution < -0.4 is 9.64 Å². The Morgan fingerprint density at radius 2 is 1.80 bits per heavy atom. The number of aromatic nitrogens is 2. The maximum atomic E-state index is 12.8. The van der Waals surface area contributed by atoms with E-state index in [2.05, 4.69) is 11.0 Å². The normalized spacial score (nSPS) is 19.6. The van der Waals surface area contributed by atoms with E-state index >= 15 is 0 Å². The number of benzene rings is 1. The number of rotatable bonds is 4. The minimum absolute atomic E-state index is 0.0294. The fourth-order valence-corrected chi connectivity index (χ4v) is 4.42. The first kappa shape index (κ1) is 20.8. The van der Waals surface area contributed by atoms with Crippen molar-refractivity contribution in [3.05, 3.63) is 24.0 Å². The number of amides is 1. The lowest BCUT2D eigenvalue weighted by Gasteiger charge is -2.35. The highest BCUT2D eigenvalue weighted by atomic mass is 16.5. The number of hydrogen-bond acceptors (Lipinski definition) is 6. The quantitative estimate of drug-likeness (QED) is 0.832. The number of hydrogen-bond donors (Lipinski definition) is 1. The van der Waals surface area contributed by atoms with Gasteiger partial charge >= 0.3 is 0 Å². The third kappa shape index (κ3) is 4.51. The van der Waals surface area contributed by atoms with Gasteiger partial charge in [0.1, 0.15) is 16.8 Å². The molecule has 162 valence electrons. The summed E-state index contributed by atoms with van der Waals surface area (Å²) in [7, 11) is 1.64. The van der Waals surface area contributed by atoms with Gasteiger partial charge < -0.3 is 19.6 Å². The minimum Gasteiger partial charge on any atom is -0.494 e. The Kier molecular flexibility index (Phi) is 6.09. The second-order valence-electron chi connectivity index (χ2n) is 8.80. The Balaban J connectivity index is 1.57. The third-order valence-corrected chi connectivity index (χ3v) is 6.38. The van der Waals surface area contributed by atoms with Gasteiger partial charge in [0.25, 0.3) is 0 Å². The van der Waals surface area contributed by atoms with Gasteiger partial charge in [-0.1, -0.05) is 12.8 Å². The van der Waals surface area contributed by atoms with E-state index in [1.54, 1.807) is 13.3 Å². The lowest BCUT2D eigenvalue weighted by atomic mass is 9.93. The Morgan fingerprint density at radius 1 is 1.10 bits per heavy atom. The van der Waals surface area contributed by atoms with Gasteiger partial charge in [0.05, 0.1) is 30.5 Å². The summed E-state index contributed by atoms with van der Waals surface area (Å²) in [4.78, 5) is 26.5. The van der Waals surface area contributed by atoms with E-state index in [4.69, 9.17) is 14.7 Å². The lowest BCUT2D eigenvalue weighted by molar-refractivity contribution is -0.134. The molecule has 2 fully saturated rings. The molecule has 30 heavy (non-hydrogen) atoms. The van der Waals surface area contributed by atoms with E-state index in [1.165, 1.54) is 25.7 Å². The van der Waals surface area contributed by atoms with Gasteiger partial charge in [0.2, 0.25) is 5.91 Å². The first-order valence-corrected chi connectivity index (χ1v) is 11.0. The van der Waals surface area contributed by atoms with E-state index < -0.39 is 5.60 Å². The molecule has 2 aromatic rings. The zero-order chi connectivity index (χ0) is 21.1. The summed E-state index contributed by atoms with van der Waals surface area (Å²) in [6.07, 6.45) is 8.07. The molecule has 0 unspecified atom stereocenters. The molecule has 7 heteroatoms. The van der Waals surface area contributed by atoms with E-state index in [1.807, 2.05) is 17.9 Å². The fraction of sp³-hybridized carbons (Fsp3) is 0.609. The number of aliphatic hydroxyl groups is 1. The average Bonchev–Trinajstić information content (AvgIpc) is 3.02. The van der Waals surface area contributed by atoms with Gasteiger partial charge in [0.15, 0.2) is 0 Å². The molecule has 3 heterocycles. The highest BCUT2D eigenvalue weighted by Crippen LogP contribution is 2.32. The number of nitrogens with zero attached hydrogens (tertiary/aromatic N) is 4. The summed E-state index contributed by atoms with van der Waals surface area (Å²) in [6, 6.07) is 4.03. The first-order valence-electron chi connectivity index (χ1n) is 11.0. The summed E-state index contributed by atoms with van der Waals surface area (Å²) < 4.78 is 5.55. The van der Waals surface area contributed by atoms with Crippen molar-refractivity contribution in [3.8, 4) is 5.75 Å². The zero-order valence-electron chi connectivity index (χ0n) is 18.1. The highest BCUT2D eigenvalue weighted by molar-refractivity contribution is 5.93. The average molecular weight is 413 g/mol. The molecule has 4 rings (SSSR count). The predicted molar refractivity (Wildman–Crippen MR) is 117 cm³/mol. The van der Waals surface area contributed by atoms with Crippen LogP contribution in [0.25, 0.3) is 11.0 Å². The van der Waals surface area contributed by atoms with Crippen molar-refractivity contribution in [1.29, 1.82) is 0 Å². The summed E-state index contributed by atoms with van der Waals surface area (Å²) in [6.45, 7) is 5.05. The van der Waals surface area contributed by atoms with Gasteiger partial charge in [-0.2, -0.15) is 0 Å². The molecule has 1 aromatic heterocycles. The van der Waals surface area contributed by atoms with Crippen molar-refractivity contribution in [2.24, 2.45) is 0 Å². The lowest BCUT2D eigenvalue weighted by Crippen LogP contribution is -2.45. The van der Waals surface area contributed by atoms with Crippen LogP contribution in [0.15, 0.2) is 18.3 Å². The Morgan fingerprint density at radius 3 is 2.47 bits per heavy atom. The van der Waals surface area contributed by atoms with E-state index in [0.29, 0.717) is 42.9 Å². The number of ether oxygens (including phenoxy) is 1. The molecule has 1 N–H and O–H groups in total. The van der Waals surface area contributed by atoms with Crippen molar-refractivity contribution in [2.75, 3.05) is 38.2 Å². The standard InChI is InChI=1S/C23H32N4O3/c1-23(29)9-13-27(14-10-23)20(28)15-17-16-24-21-18(26-11-5-3-4-6-12-26)7-8-19(30-2)22(21)25-17/h7-8,16,29H,3-6,9-15H2,1-2H3. The largest absolute Gasteiger partial charge is 0.494 e. The molecule has 0 aliphatic carbocycles. The number of anilines is 1. The van der Waals surface area contributed by atoms with Crippen LogP contribution in [0.2, 0.25) is 0 Å². The van der Waals surface area contributed by atoms with Gasteiger partial charge in [-0.25, -0.2) is 4.98 Å². The van der Waals surface area contributed by atoms with Gasteiger partial charge in [0, 0.05) is 32.4 Å². The van der Waals surface area contributed by atoms with E-state index in [9.17, 15) is 9.90 Å². The maximum absolute atomic E-state index is 12.8. The van der Waals surface area contributed by atoms with Crippen molar-refractivity contribution in [2.45, 2.75) is 57.5 Å². The molecule has 0 radical (unpaired) electrons. The summed E-state index contributed by atoms with van der Waals surface area (Å²) in [5.74, 6) is 0.709.